The van der Waals surface area contributed by atoms with Crippen LogP contribution >= 0.6 is 50.7 Å². The Morgan fingerprint density at radius 1 is 0.947 bits per heavy atom. The molecule has 0 heterocycles. The van der Waals surface area contributed by atoms with Crippen molar-refractivity contribution in [2.45, 2.75) is 0 Å². The van der Waals surface area contributed by atoms with Crippen molar-refractivity contribution in [2.75, 3.05) is 0 Å². The summed E-state index contributed by atoms with van der Waals surface area (Å²) < 4.78 is 5.92. The predicted molar refractivity (Wildman–Crippen MR) is 80.6 cm³/mol. The summed E-state index contributed by atoms with van der Waals surface area (Å²) in [7, 11) is 0. The maximum atomic E-state index is 12.0. The number of esters is 1. The number of hydrogen-bond donors (Lipinski definition) is 0. The van der Waals surface area contributed by atoms with Crippen molar-refractivity contribution in [3.8, 4) is 5.75 Å². The Bertz CT molecular complexity index is 644. The summed E-state index contributed by atoms with van der Waals surface area (Å²) in [6.45, 7) is 0. The van der Waals surface area contributed by atoms with Crippen LogP contribution in [0.1, 0.15) is 10.4 Å². The Labute approximate surface area is 133 Å². The smallest absolute Gasteiger partial charge is 0.345 e. The first-order valence-electron chi connectivity index (χ1n) is 5.09. The lowest BCUT2D eigenvalue weighted by Crippen LogP contribution is -2.09. The lowest BCUT2D eigenvalue weighted by atomic mass is 10.2. The highest BCUT2D eigenvalue weighted by molar-refractivity contribution is 9.10. The van der Waals surface area contributed by atoms with E-state index in [0.29, 0.717) is 20.8 Å². The van der Waals surface area contributed by atoms with Crippen LogP contribution in [0, 0.1) is 0 Å². The third-order valence-corrected chi connectivity index (χ3v) is 3.81. The first-order valence-corrected chi connectivity index (χ1v) is 7.02. The van der Waals surface area contributed by atoms with Crippen molar-refractivity contribution in [3.63, 3.8) is 0 Å². The molecule has 0 N–H and O–H groups in total. The second-order valence-corrected chi connectivity index (χ2v) is 5.73. The van der Waals surface area contributed by atoms with Gasteiger partial charge >= 0.3 is 5.97 Å². The van der Waals surface area contributed by atoms with Gasteiger partial charge in [0.15, 0.2) is 0 Å². The van der Waals surface area contributed by atoms with Crippen molar-refractivity contribution < 1.29 is 9.53 Å². The predicted octanol–water partition coefficient (Wildman–Crippen LogP) is 5.63. The summed E-state index contributed by atoms with van der Waals surface area (Å²) in [6.07, 6.45) is 0. The molecule has 0 fully saturated rings. The Balaban J connectivity index is 2.25. The van der Waals surface area contributed by atoms with Crippen molar-refractivity contribution in [3.05, 3.63) is 61.5 Å². The largest absolute Gasteiger partial charge is 0.423 e. The van der Waals surface area contributed by atoms with Gasteiger partial charge in [0.2, 0.25) is 0 Å². The minimum atomic E-state index is -0.565. The number of ether oxygens (including phenoxy) is 1. The van der Waals surface area contributed by atoms with Gasteiger partial charge in [0.25, 0.3) is 0 Å². The van der Waals surface area contributed by atoms with Gasteiger partial charge in [-0.1, -0.05) is 50.7 Å². The quantitative estimate of drug-likeness (QED) is 0.499. The van der Waals surface area contributed by atoms with Crippen LogP contribution in [-0.4, -0.2) is 5.97 Å². The molecule has 19 heavy (non-hydrogen) atoms. The minimum Gasteiger partial charge on any atom is -0.423 e. The molecule has 0 bridgehead atoms. The topological polar surface area (TPSA) is 26.3 Å². The van der Waals surface area contributed by atoms with Crippen LogP contribution in [0.5, 0.6) is 5.75 Å². The highest BCUT2D eigenvalue weighted by Gasteiger charge is 2.14. The molecule has 0 amide bonds. The highest BCUT2D eigenvalue weighted by Crippen LogP contribution is 2.28. The van der Waals surface area contributed by atoms with E-state index in [-0.39, 0.29) is 5.56 Å². The molecule has 98 valence electrons. The zero-order valence-electron chi connectivity index (χ0n) is 9.29. The molecule has 0 unspecified atom stereocenters. The second-order valence-electron chi connectivity index (χ2n) is 3.59. The molecule has 2 nitrogen and oxygen atoms in total. The number of halogens is 4. The zero-order chi connectivity index (χ0) is 14.0. The van der Waals surface area contributed by atoms with E-state index >= 15 is 0 Å². The van der Waals surface area contributed by atoms with Gasteiger partial charge < -0.3 is 4.74 Å². The molecule has 2 rings (SSSR count). The molecule has 0 saturated heterocycles. The van der Waals surface area contributed by atoms with E-state index in [4.69, 9.17) is 39.5 Å². The molecule has 0 saturated carbocycles. The first-order chi connectivity index (χ1) is 8.97. The summed E-state index contributed by atoms with van der Waals surface area (Å²) in [6, 6.07) is 9.50. The van der Waals surface area contributed by atoms with E-state index in [1.165, 1.54) is 6.07 Å². The van der Waals surface area contributed by atoms with Crippen LogP contribution < -0.4 is 4.74 Å². The molecular weight excluding hydrogens is 374 g/mol. The maximum Gasteiger partial charge on any atom is 0.345 e. The van der Waals surface area contributed by atoms with E-state index in [1.807, 2.05) is 0 Å². The summed E-state index contributed by atoms with van der Waals surface area (Å²) >= 11 is 20.8. The normalized spacial score (nSPS) is 10.3. The SMILES string of the molecule is O=C(Oc1ccc(Cl)c(Cl)c1)c1cc(Br)ccc1Cl. The number of carbonyl (C=O) groups excluding carboxylic acids is 1. The molecule has 2 aromatic rings. The highest BCUT2D eigenvalue weighted by atomic mass is 79.9. The van der Waals surface area contributed by atoms with E-state index in [0.717, 1.165) is 4.47 Å². The number of rotatable bonds is 2. The molecular formula is C13H6BrCl3O2. The van der Waals surface area contributed by atoms with Crippen molar-refractivity contribution in [2.24, 2.45) is 0 Å². The van der Waals surface area contributed by atoms with E-state index in [2.05, 4.69) is 15.9 Å². The van der Waals surface area contributed by atoms with E-state index < -0.39 is 5.97 Å². The molecule has 2 aromatic carbocycles. The standard InChI is InChI=1S/C13H6BrCl3O2/c14-7-1-3-10(15)9(5-7)13(18)19-8-2-4-11(16)12(17)6-8/h1-6H. The minimum absolute atomic E-state index is 0.266. The molecule has 0 radical (unpaired) electrons. The van der Waals surface area contributed by atoms with Gasteiger partial charge in [-0.15, -0.1) is 0 Å². The average Bonchev–Trinajstić information content (AvgIpc) is 2.36. The monoisotopic (exact) mass is 378 g/mol. The molecule has 0 spiro atoms. The van der Waals surface area contributed by atoms with Gasteiger partial charge in [-0.2, -0.15) is 0 Å². The van der Waals surface area contributed by atoms with Gasteiger partial charge in [0, 0.05) is 10.5 Å². The molecule has 0 aromatic heterocycles. The van der Waals surface area contributed by atoms with E-state index in [1.54, 1.807) is 30.3 Å². The number of carbonyl (C=O) groups is 1. The van der Waals surface area contributed by atoms with Gasteiger partial charge in [-0.3, -0.25) is 0 Å². The van der Waals surface area contributed by atoms with E-state index in [9.17, 15) is 4.79 Å². The maximum absolute atomic E-state index is 12.0. The fourth-order valence-electron chi connectivity index (χ4n) is 1.36. The van der Waals surface area contributed by atoms with Crippen LogP contribution in [0.25, 0.3) is 0 Å². The third kappa shape index (κ3) is 3.63. The van der Waals surface area contributed by atoms with Crippen LogP contribution in [0.3, 0.4) is 0 Å². The van der Waals surface area contributed by atoms with Crippen molar-refractivity contribution in [1.29, 1.82) is 0 Å². The Morgan fingerprint density at radius 2 is 1.63 bits per heavy atom. The van der Waals surface area contributed by atoms with Crippen LogP contribution in [0.4, 0.5) is 0 Å². The van der Waals surface area contributed by atoms with Crippen LogP contribution in [-0.2, 0) is 0 Å². The van der Waals surface area contributed by atoms with Gasteiger partial charge in [-0.25, -0.2) is 4.79 Å². The second kappa shape index (κ2) is 6.14. The fraction of sp³-hybridized carbons (Fsp3) is 0. The Morgan fingerprint density at radius 3 is 2.32 bits per heavy atom. The van der Waals surface area contributed by atoms with Crippen LogP contribution in [0.2, 0.25) is 15.1 Å². The molecule has 0 aliphatic heterocycles. The molecule has 0 aliphatic carbocycles. The fourth-order valence-corrected chi connectivity index (χ4v) is 2.20. The lowest BCUT2D eigenvalue weighted by molar-refractivity contribution is 0.0735. The third-order valence-electron chi connectivity index (χ3n) is 2.25. The molecule has 0 atom stereocenters. The summed E-state index contributed by atoms with van der Waals surface area (Å²) in [5.41, 5.74) is 0.266. The molecule has 0 aliphatic rings. The van der Waals surface area contributed by atoms with Gasteiger partial charge in [0.1, 0.15) is 5.75 Å². The van der Waals surface area contributed by atoms with Crippen molar-refractivity contribution in [1.82, 2.24) is 0 Å². The summed E-state index contributed by atoms with van der Waals surface area (Å²) in [5.74, 6) is -0.264. The lowest BCUT2D eigenvalue weighted by Gasteiger charge is -2.07. The molecule has 6 heteroatoms. The first kappa shape index (κ1) is 14.7. The van der Waals surface area contributed by atoms with Gasteiger partial charge in [-0.05, 0) is 30.3 Å². The average molecular weight is 380 g/mol. The van der Waals surface area contributed by atoms with Crippen molar-refractivity contribution >= 4 is 56.7 Å². The van der Waals surface area contributed by atoms with Gasteiger partial charge in [0.05, 0.1) is 20.6 Å². The van der Waals surface area contributed by atoms with Crippen LogP contribution in [0.15, 0.2) is 40.9 Å². The number of hydrogen-bond acceptors (Lipinski definition) is 2. The zero-order valence-corrected chi connectivity index (χ0v) is 13.1. The summed E-state index contributed by atoms with van der Waals surface area (Å²) in [5, 5.41) is 1.02. The Kier molecular flexibility index (Phi) is 4.74. The summed E-state index contributed by atoms with van der Waals surface area (Å²) in [4.78, 5) is 12.0. The number of benzene rings is 2. The Hall–Kier alpha value is -0.740.